The lowest BCUT2D eigenvalue weighted by Gasteiger charge is -2.05. The second-order valence-corrected chi connectivity index (χ2v) is 4.90. The quantitative estimate of drug-likeness (QED) is 0.696. The van der Waals surface area contributed by atoms with Gasteiger partial charge >= 0.3 is 0 Å². The average molecular weight is 304 g/mol. The lowest BCUT2D eigenvalue weighted by molar-refractivity contribution is 0.103. The van der Waals surface area contributed by atoms with Crippen LogP contribution < -0.4 is 0 Å². The summed E-state index contributed by atoms with van der Waals surface area (Å²) in [5.74, 6) is -0.831. The maximum Gasteiger partial charge on any atom is 0.196 e. The number of rotatable bonds is 3. The summed E-state index contributed by atoms with van der Waals surface area (Å²) >= 11 is 6.29. The van der Waals surface area contributed by atoms with Gasteiger partial charge in [0.05, 0.1) is 22.2 Å². The highest BCUT2D eigenvalue weighted by atomic mass is 35.5. The van der Waals surface area contributed by atoms with Crippen LogP contribution in [-0.4, -0.2) is 20.5 Å². The van der Waals surface area contributed by atoms with Crippen molar-refractivity contribution in [3.63, 3.8) is 0 Å². The topological polar surface area (TPSA) is 47.8 Å². The number of hydrogen-bond acceptors (Lipinski definition) is 3. The van der Waals surface area contributed by atoms with Crippen LogP contribution in [0.1, 0.15) is 22.8 Å². The fraction of sp³-hybridized carbons (Fsp3) is 0.133. The molecule has 106 valence electrons. The molecule has 0 aliphatic rings. The number of carbonyl (C=O) groups is 1. The third-order valence-electron chi connectivity index (χ3n) is 3.23. The monoisotopic (exact) mass is 303 g/mol. The second-order valence-electron chi connectivity index (χ2n) is 4.52. The molecule has 0 fully saturated rings. The largest absolute Gasteiger partial charge is 0.288 e. The maximum atomic E-state index is 13.2. The Balaban J connectivity index is 2.12. The van der Waals surface area contributed by atoms with Crippen LogP contribution in [0.2, 0.25) is 5.02 Å². The normalized spacial score (nSPS) is 11.0. The molecule has 0 N–H and O–H groups in total. The predicted molar refractivity (Wildman–Crippen MR) is 78.0 cm³/mol. The Morgan fingerprint density at radius 2 is 2.19 bits per heavy atom. The summed E-state index contributed by atoms with van der Waals surface area (Å²) in [5.41, 5.74) is 1.10. The van der Waals surface area contributed by atoms with E-state index in [4.69, 9.17) is 11.6 Å². The van der Waals surface area contributed by atoms with E-state index in [1.54, 1.807) is 16.9 Å². The zero-order valence-corrected chi connectivity index (χ0v) is 11.9. The SMILES string of the molecule is CCn1ncc2c(Cl)c(C(=O)c3cccc(F)c3)cnc21. The predicted octanol–water partition coefficient (Wildman–Crippen LogP) is 3.47. The number of halogens is 2. The Hall–Kier alpha value is -2.27. The van der Waals surface area contributed by atoms with Crippen LogP contribution in [-0.2, 0) is 6.54 Å². The van der Waals surface area contributed by atoms with Crippen LogP contribution >= 0.6 is 11.6 Å². The molecule has 3 rings (SSSR count). The molecule has 0 amide bonds. The van der Waals surface area contributed by atoms with Crippen LogP contribution in [0.3, 0.4) is 0 Å². The van der Waals surface area contributed by atoms with E-state index in [0.717, 1.165) is 0 Å². The molecule has 0 saturated carbocycles. The molecule has 0 aliphatic carbocycles. The van der Waals surface area contributed by atoms with Gasteiger partial charge in [-0.25, -0.2) is 14.1 Å². The number of benzene rings is 1. The van der Waals surface area contributed by atoms with Crippen molar-refractivity contribution in [1.82, 2.24) is 14.8 Å². The van der Waals surface area contributed by atoms with Crippen LogP contribution in [0.4, 0.5) is 4.39 Å². The molecule has 0 radical (unpaired) electrons. The number of aromatic nitrogens is 3. The molecule has 2 aromatic heterocycles. The molecule has 0 saturated heterocycles. The van der Waals surface area contributed by atoms with Gasteiger partial charge < -0.3 is 0 Å². The van der Waals surface area contributed by atoms with Gasteiger partial charge in [-0.1, -0.05) is 23.7 Å². The van der Waals surface area contributed by atoms with Crippen molar-refractivity contribution in [3.8, 4) is 0 Å². The van der Waals surface area contributed by atoms with Gasteiger partial charge in [-0.05, 0) is 19.1 Å². The van der Waals surface area contributed by atoms with Crippen LogP contribution in [0.15, 0.2) is 36.7 Å². The molecule has 3 aromatic rings. The summed E-state index contributed by atoms with van der Waals surface area (Å²) in [6.07, 6.45) is 2.99. The Kier molecular flexibility index (Phi) is 3.43. The molecule has 0 unspecified atom stereocenters. The van der Waals surface area contributed by atoms with Crippen LogP contribution in [0.25, 0.3) is 11.0 Å². The number of aryl methyl sites for hydroxylation is 1. The van der Waals surface area contributed by atoms with E-state index in [0.29, 0.717) is 17.6 Å². The minimum atomic E-state index is -0.468. The van der Waals surface area contributed by atoms with Crippen molar-refractivity contribution in [3.05, 3.63) is 58.6 Å². The highest BCUT2D eigenvalue weighted by molar-refractivity contribution is 6.39. The average Bonchev–Trinajstić information content (AvgIpc) is 2.91. The molecule has 6 heteroatoms. The number of hydrogen-bond donors (Lipinski definition) is 0. The third kappa shape index (κ3) is 2.29. The zero-order valence-electron chi connectivity index (χ0n) is 11.2. The summed E-state index contributed by atoms with van der Waals surface area (Å²) < 4.78 is 14.9. The van der Waals surface area contributed by atoms with E-state index in [1.165, 1.54) is 24.4 Å². The standard InChI is InChI=1S/C15H11ClFN3O/c1-2-20-15-12(8-19-20)13(16)11(7-18-15)14(21)9-4-3-5-10(17)6-9/h3-8H,2H2,1H3. The van der Waals surface area contributed by atoms with Gasteiger partial charge in [-0.3, -0.25) is 4.79 Å². The molecule has 1 aromatic carbocycles. The first-order valence-electron chi connectivity index (χ1n) is 6.42. The molecule has 2 heterocycles. The van der Waals surface area contributed by atoms with Gasteiger partial charge in [-0.2, -0.15) is 5.10 Å². The van der Waals surface area contributed by atoms with E-state index < -0.39 is 5.82 Å². The number of pyridine rings is 1. The number of nitrogens with zero attached hydrogens (tertiary/aromatic N) is 3. The highest BCUT2D eigenvalue weighted by Gasteiger charge is 2.18. The van der Waals surface area contributed by atoms with E-state index in [2.05, 4.69) is 10.1 Å². The van der Waals surface area contributed by atoms with Gasteiger partial charge in [0.1, 0.15) is 5.82 Å². The van der Waals surface area contributed by atoms with Crippen molar-refractivity contribution in [1.29, 1.82) is 0 Å². The molecule has 0 spiro atoms. The first-order valence-corrected chi connectivity index (χ1v) is 6.80. The Bertz CT molecular complexity index is 844. The molecule has 0 aliphatic heterocycles. The molecular formula is C15H11ClFN3O. The van der Waals surface area contributed by atoms with Crippen LogP contribution in [0, 0.1) is 5.82 Å². The summed E-state index contributed by atoms with van der Waals surface area (Å²) in [6, 6.07) is 5.49. The summed E-state index contributed by atoms with van der Waals surface area (Å²) in [4.78, 5) is 16.7. The van der Waals surface area contributed by atoms with Crippen molar-refractivity contribution in [2.45, 2.75) is 13.5 Å². The van der Waals surface area contributed by atoms with E-state index in [1.807, 2.05) is 6.92 Å². The summed E-state index contributed by atoms with van der Waals surface area (Å²) in [6.45, 7) is 2.60. The number of fused-ring (bicyclic) bond motifs is 1. The van der Waals surface area contributed by atoms with Gasteiger partial charge in [0, 0.05) is 18.3 Å². The number of ketones is 1. The minimum absolute atomic E-state index is 0.237. The first kappa shape index (κ1) is 13.7. The van der Waals surface area contributed by atoms with Crippen LogP contribution in [0.5, 0.6) is 0 Å². The minimum Gasteiger partial charge on any atom is -0.288 e. The molecule has 21 heavy (non-hydrogen) atoms. The summed E-state index contributed by atoms with van der Waals surface area (Å²) in [5, 5.41) is 5.06. The molecular weight excluding hydrogens is 293 g/mol. The lowest BCUT2D eigenvalue weighted by Crippen LogP contribution is -2.04. The van der Waals surface area contributed by atoms with Crippen molar-refractivity contribution < 1.29 is 9.18 Å². The molecule has 0 atom stereocenters. The van der Waals surface area contributed by atoms with Gasteiger partial charge in [0.25, 0.3) is 0 Å². The molecule has 4 nitrogen and oxygen atoms in total. The lowest BCUT2D eigenvalue weighted by atomic mass is 10.0. The van der Waals surface area contributed by atoms with E-state index in [-0.39, 0.29) is 21.9 Å². The summed E-state index contributed by atoms with van der Waals surface area (Å²) in [7, 11) is 0. The maximum absolute atomic E-state index is 13.2. The number of carbonyl (C=O) groups excluding carboxylic acids is 1. The van der Waals surface area contributed by atoms with Gasteiger partial charge in [0.15, 0.2) is 11.4 Å². The fourth-order valence-electron chi connectivity index (χ4n) is 2.17. The van der Waals surface area contributed by atoms with Gasteiger partial charge in [0.2, 0.25) is 0 Å². The Morgan fingerprint density at radius 1 is 1.38 bits per heavy atom. The van der Waals surface area contributed by atoms with Crippen molar-refractivity contribution in [2.75, 3.05) is 0 Å². The first-order chi connectivity index (χ1) is 10.1. The molecule has 0 bridgehead atoms. The second kappa shape index (κ2) is 5.26. The Morgan fingerprint density at radius 3 is 2.90 bits per heavy atom. The van der Waals surface area contributed by atoms with Crippen molar-refractivity contribution >= 4 is 28.4 Å². The smallest absolute Gasteiger partial charge is 0.196 e. The Labute approximate surface area is 125 Å². The highest BCUT2D eigenvalue weighted by Crippen LogP contribution is 2.27. The van der Waals surface area contributed by atoms with Crippen molar-refractivity contribution in [2.24, 2.45) is 0 Å². The van der Waals surface area contributed by atoms with E-state index in [9.17, 15) is 9.18 Å². The third-order valence-corrected chi connectivity index (χ3v) is 3.64. The van der Waals surface area contributed by atoms with E-state index >= 15 is 0 Å². The zero-order chi connectivity index (χ0) is 15.0. The fourth-order valence-corrected chi connectivity index (χ4v) is 2.44. The van der Waals surface area contributed by atoms with Gasteiger partial charge in [-0.15, -0.1) is 0 Å².